The van der Waals surface area contributed by atoms with Gasteiger partial charge in [0.2, 0.25) is 0 Å². The third-order valence-corrected chi connectivity index (χ3v) is 8.49. The van der Waals surface area contributed by atoms with Gasteiger partial charge in [-0.25, -0.2) is 0 Å². The van der Waals surface area contributed by atoms with Crippen LogP contribution in [0.15, 0.2) is 88.9 Å². The van der Waals surface area contributed by atoms with Gasteiger partial charge in [-0.15, -0.1) is 0 Å². The molecule has 0 bridgehead atoms. The first kappa shape index (κ1) is 25.1. The van der Waals surface area contributed by atoms with E-state index in [1.165, 1.54) is 18.6 Å². The Morgan fingerprint density at radius 3 is 2.22 bits per heavy atom. The lowest BCUT2D eigenvalue weighted by molar-refractivity contribution is -0.384. The summed E-state index contributed by atoms with van der Waals surface area (Å²) in [5.74, 6) is 0. The van der Waals surface area contributed by atoms with Crippen LogP contribution in [0.2, 0.25) is 0 Å². The summed E-state index contributed by atoms with van der Waals surface area (Å²) in [5.41, 5.74) is 3.47. The van der Waals surface area contributed by atoms with Gasteiger partial charge in [0.15, 0.2) is 0 Å². The lowest BCUT2D eigenvalue weighted by Crippen LogP contribution is -2.28. The molecule has 2 fully saturated rings. The van der Waals surface area contributed by atoms with Gasteiger partial charge in [-0.3, -0.25) is 15.0 Å². The molecule has 3 aromatic carbocycles. The van der Waals surface area contributed by atoms with Crippen molar-refractivity contribution in [3.8, 4) is 0 Å². The van der Waals surface area contributed by atoms with E-state index < -0.39 is 14.9 Å². The number of nitro groups is 1. The van der Waals surface area contributed by atoms with Crippen molar-refractivity contribution in [3.63, 3.8) is 0 Å². The first-order chi connectivity index (χ1) is 17.8. The second kappa shape index (κ2) is 10.4. The highest BCUT2D eigenvalue weighted by Gasteiger charge is 2.55. The van der Waals surface area contributed by atoms with Crippen molar-refractivity contribution >= 4 is 21.4 Å². The Hall–Kier alpha value is -3.56. The molecular weight excluding hydrogens is 488 g/mol. The van der Waals surface area contributed by atoms with Gasteiger partial charge in [0.25, 0.3) is 15.7 Å². The molecule has 192 valence electrons. The van der Waals surface area contributed by atoms with Crippen LogP contribution in [-0.2, 0) is 10.0 Å². The number of hydrogen-bond acceptors (Lipinski definition) is 6. The quantitative estimate of drug-likeness (QED) is 0.187. The molecule has 9 heteroatoms. The maximum atomic E-state index is 13.1. The zero-order valence-corrected chi connectivity index (χ0v) is 21.5. The van der Waals surface area contributed by atoms with E-state index in [2.05, 4.69) is 14.8 Å². The van der Waals surface area contributed by atoms with Crippen molar-refractivity contribution in [2.24, 2.45) is 5.10 Å². The summed E-state index contributed by atoms with van der Waals surface area (Å²) in [7, 11) is -3.86. The molecule has 1 unspecified atom stereocenters. The monoisotopic (exact) mass is 518 g/mol. The number of aryl methyl sites for hydroxylation is 1. The van der Waals surface area contributed by atoms with E-state index in [9.17, 15) is 18.5 Å². The molecule has 1 aliphatic carbocycles. The second-order valence-corrected chi connectivity index (χ2v) is 11.4. The highest BCUT2D eigenvalue weighted by atomic mass is 32.2. The van der Waals surface area contributed by atoms with Crippen molar-refractivity contribution in [1.29, 1.82) is 0 Å². The van der Waals surface area contributed by atoms with E-state index in [0.717, 1.165) is 42.4 Å². The van der Waals surface area contributed by atoms with Gasteiger partial charge in [0.1, 0.15) is 0 Å². The topological polar surface area (TPSA) is 105 Å². The summed E-state index contributed by atoms with van der Waals surface area (Å²) >= 11 is 0. The maximum absolute atomic E-state index is 13.1. The van der Waals surface area contributed by atoms with Gasteiger partial charge in [-0.05, 0) is 43.0 Å². The molecule has 37 heavy (non-hydrogen) atoms. The molecule has 8 nitrogen and oxygen atoms in total. The SMILES string of the molecule is Cc1ccc(S(=O)(=O)N/N=C(/c2ccccc2)[C@H]2[C@@H](c3ccc([N+](=O)[O-])cc3)N2C2CCCCC2)cc1. The number of sulfonamides is 1. The second-order valence-electron chi connectivity index (χ2n) is 9.75. The summed E-state index contributed by atoms with van der Waals surface area (Å²) < 4.78 is 26.1. The zero-order valence-electron chi connectivity index (χ0n) is 20.7. The lowest BCUT2D eigenvalue weighted by Gasteiger charge is -2.24. The molecule has 1 saturated heterocycles. The highest BCUT2D eigenvalue weighted by molar-refractivity contribution is 7.89. The third kappa shape index (κ3) is 5.42. The van der Waals surface area contributed by atoms with E-state index in [-0.39, 0.29) is 22.7 Å². The number of rotatable bonds is 8. The molecule has 3 atom stereocenters. The molecule has 0 radical (unpaired) electrons. The molecule has 2 aliphatic rings. The van der Waals surface area contributed by atoms with Crippen LogP contribution < -0.4 is 4.83 Å². The molecule has 0 aromatic heterocycles. The van der Waals surface area contributed by atoms with Crippen LogP contribution >= 0.6 is 0 Å². The minimum absolute atomic E-state index is 0.0354. The van der Waals surface area contributed by atoms with Crippen LogP contribution in [0.1, 0.15) is 54.8 Å². The fraction of sp³-hybridized carbons (Fsp3) is 0.321. The minimum Gasteiger partial charge on any atom is -0.281 e. The van der Waals surface area contributed by atoms with Gasteiger partial charge >= 0.3 is 0 Å². The van der Waals surface area contributed by atoms with E-state index in [4.69, 9.17) is 0 Å². The van der Waals surface area contributed by atoms with Crippen LogP contribution in [-0.4, -0.2) is 36.0 Å². The summed E-state index contributed by atoms with van der Waals surface area (Å²) in [6.07, 6.45) is 5.65. The molecule has 1 heterocycles. The van der Waals surface area contributed by atoms with Crippen LogP contribution in [0, 0.1) is 17.0 Å². The summed E-state index contributed by atoms with van der Waals surface area (Å²) in [6, 6.07) is 23.1. The van der Waals surface area contributed by atoms with Gasteiger partial charge in [0.05, 0.1) is 27.6 Å². The molecule has 1 saturated carbocycles. The normalized spacial score (nSPS) is 22.4. The number of non-ortho nitro benzene ring substituents is 1. The lowest BCUT2D eigenvalue weighted by atomic mass is 9.95. The van der Waals surface area contributed by atoms with Crippen molar-refractivity contribution in [2.45, 2.75) is 62.0 Å². The zero-order chi connectivity index (χ0) is 26.0. The summed E-state index contributed by atoms with van der Waals surface area (Å²) in [4.78, 5) is 15.8. The first-order valence-electron chi connectivity index (χ1n) is 12.6. The van der Waals surface area contributed by atoms with E-state index in [1.54, 1.807) is 36.4 Å². The minimum atomic E-state index is -3.86. The van der Waals surface area contributed by atoms with Gasteiger partial charge in [-0.1, -0.05) is 79.4 Å². The summed E-state index contributed by atoms with van der Waals surface area (Å²) in [5, 5.41) is 15.7. The standard InChI is InChI=1S/C28H30N4O4S/c1-20-12-18-25(19-13-20)37(35,36)30-29-26(21-8-4-2-5-9-21)28-27(31(28)23-10-6-3-7-11-23)22-14-16-24(17-15-22)32(33)34/h2,4-5,8-9,12-19,23,27-28,30H,3,6-7,10-11H2,1H3/b29-26-/t27-,28+,31?/m1/s1. The average molecular weight is 519 g/mol. The van der Waals surface area contributed by atoms with E-state index >= 15 is 0 Å². The van der Waals surface area contributed by atoms with Crippen LogP contribution in [0.4, 0.5) is 5.69 Å². The van der Waals surface area contributed by atoms with Gasteiger partial charge in [0, 0.05) is 18.2 Å². The van der Waals surface area contributed by atoms with Crippen molar-refractivity contribution in [1.82, 2.24) is 9.73 Å². The van der Waals surface area contributed by atoms with Crippen molar-refractivity contribution in [2.75, 3.05) is 0 Å². The maximum Gasteiger partial charge on any atom is 0.276 e. The number of nitrogens with one attached hydrogen (secondary N) is 1. The third-order valence-electron chi connectivity index (χ3n) is 7.26. The molecule has 0 amide bonds. The predicted molar refractivity (Wildman–Crippen MR) is 143 cm³/mol. The van der Waals surface area contributed by atoms with Crippen molar-refractivity contribution < 1.29 is 13.3 Å². The Labute approximate surface area is 217 Å². The van der Waals surface area contributed by atoms with Crippen molar-refractivity contribution in [3.05, 3.63) is 106 Å². The van der Waals surface area contributed by atoms with E-state index in [1.807, 2.05) is 37.3 Å². The fourth-order valence-electron chi connectivity index (χ4n) is 5.31. The number of nitro benzene ring substituents is 1. The average Bonchev–Trinajstić information content (AvgIpc) is 3.65. The molecule has 0 spiro atoms. The fourth-order valence-corrected chi connectivity index (χ4v) is 6.13. The summed E-state index contributed by atoms with van der Waals surface area (Å²) in [6.45, 7) is 1.90. The Bertz CT molecular complexity index is 1380. The Morgan fingerprint density at radius 1 is 0.946 bits per heavy atom. The molecule has 5 rings (SSSR count). The van der Waals surface area contributed by atoms with Crippen LogP contribution in [0.3, 0.4) is 0 Å². The molecule has 1 N–H and O–H groups in total. The number of hydrogen-bond donors (Lipinski definition) is 1. The Kier molecular flexibility index (Phi) is 7.08. The molecular formula is C28H30N4O4S. The molecule has 3 aromatic rings. The van der Waals surface area contributed by atoms with Crippen LogP contribution in [0.25, 0.3) is 0 Å². The Morgan fingerprint density at radius 2 is 1.59 bits per heavy atom. The Balaban J connectivity index is 1.52. The largest absolute Gasteiger partial charge is 0.281 e. The van der Waals surface area contributed by atoms with Gasteiger partial charge < -0.3 is 0 Å². The smallest absolute Gasteiger partial charge is 0.276 e. The number of nitrogens with zero attached hydrogens (tertiary/aromatic N) is 3. The first-order valence-corrected chi connectivity index (χ1v) is 14.1. The molecule has 1 aliphatic heterocycles. The predicted octanol–water partition coefficient (Wildman–Crippen LogP) is 5.34. The van der Waals surface area contributed by atoms with Gasteiger partial charge in [-0.2, -0.15) is 18.4 Å². The van der Waals surface area contributed by atoms with Crippen LogP contribution in [0.5, 0.6) is 0 Å². The number of benzene rings is 3. The van der Waals surface area contributed by atoms with E-state index in [0.29, 0.717) is 11.8 Å². The number of hydrazone groups is 1. The highest BCUT2D eigenvalue weighted by Crippen LogP contribution is 2.49.